The van der Waals surface area contributed by atoms with Crippen molar-refractivity contribution in [3.63, 3.8) is 0 Å². The second-order valence-corrected chi connectivity index (χ2v) is 8.46. The van der Waals surface area contributed by atoms with E-state index in [0.29, 0.717) is 11.3 Å². The van der Waals surface area contributed by atoms with E-state index < -0.39 is 30.3 Å². The molecule has 1 fully saturated rings. The highest BCUT2D eigenvalue weighted by atomic mass is 19.4. The molecule has 1 aliphatic rings. The zero-order valence-corrected chi connectivity index (χ0v) is 22.5. The molecule has 3 rings (SSSR count). The first-order valence-corrected chi connectivity index (χ1v) is 12.2. The Morgan fingerprint density at radius 2 is 1.30 bits per heavy atom. The Morgan fingerprint density at radius 3 is 1.70 bits per heavy atom. The summed E-state index contributed by atoms with van der Waals surface area (Å²) in [6, 6.07) is 11.2. The second-order valence-electron chi connectivity index (χ2n) is 8.46. The van der Waals surface area contributed by atoms with E-state index >= 15 is 0 Å². The maximum absolute atomic E-state index is 12.4. The average Bonchev–Trinajstić information content (AvgIpc) is 2.95. The van der Waals surface area contributed by atoms with E-state index in [1.54, 1.807) is 24.4 Å². The normalized spacial score (nSPS) is 14.0. The topological polar surface area (TPSA) is 148 Å². The monoisotopic (exact) mass is 619 g/mol. The molecule has 0 radical (unpaired) electrons. The van der Waals surface area contributed by atoms with Gasteiger partial charge in [0.1, 0.15) is 0 Å². The number of aromatic nitrogens is 1. The number of hydrogen-bond donors (Lipinski definition) is 3. The van der Waals surface area contributed by atoms with Gasteiger partial charge in [-0.1, -0.05) is 13.0 Å². The fourth-order valence-electron chi connectivity index (χ4n) is 3.20. The number of halogens is 6. The first-order chi connectivity index (χ1) is 19.9. The van der Waals surface area contributed by atoms with Gasteiger partial charge < -0.3 is 25.1 Å². The number of alkyl halides is 6. The number of rotatable bonds is 7. The van der Waals surface area contributed by atoms with Crippen molar-refractivity contribution in [1.29, 1.82) is 0 Å². The molecular weight excluding hydrogens is 592 g/mol. The zero-order valence-electron chi connectivity index (χ0n) is 22.5. The Kier molecular flexibility index (Phi) is 14.1. The molecule has 43 heavy (non-hydrogen) atoms. The fraction of sp³-hybridized carbons (Fsp3) is 0.296. The van der Waals surface area contributed by atoms with Gasteiger partial charge in [-0.2, -0.15) is 26.3 Å². The number of ketones is 1. The van der Waals surface area contributed by atoms with E-state index in [1.165, 1.54) is 12.2 Å². The lowest BCUT2D eigenvalue weighted by atomic mass is 10.1. The van der Waals surface area contributed by atoms with E-state index in [9.17, 15) is 35.9 Å². The molecule has 1 aliphatic heterocycles. The number of allylic oxidation sites excluding steroid dienone is 1. The van der Waals surface area contributed by atoms with Gasteiger partial charge in [-0.3, -0.25) is 9.78 Å². The molecule has 1 aromatic heterocycles. The van der Waals surface area contributed by atoms with Crippen molar-refractivity contribution in [3.05, 3.63) is 71.6 Å². The van der Waals surface area contributed by atoms with Gasteiger partial charge in [0.25, 0.3) is 0 Å². The van der Waals surface area contributed by atoms with Crippen molar-refractivity contribution in [2.24, 2.45) is 0 Å². The molecule has 1 saturated heterocycles. The number of likely N-dealkylation sites (N-methyl/N-ethyl adjacent to an activating group) is 1. The number of carboxylic acids is 3. The van der Waals surface area contributed by atoms with Gasteiger partial charge in [-0.25, -0.2) is 14.4 Å². The summed E-state index contributed by atoms with van der Waals surface area (Å²) >= 11 is 0. The molecule has 2 heterocycles. The van der Waals surface area contributed by atoms with E-state index in [4.69, 9.17) is 24.9 Å². The number of piperazine rings is 1. The van der Waals surface area contributed by atoms with Crippen LogP contribution in [0.25, 0.3) is 12.2 Å². The van der Waals surface area contributed by atoms with Gasteiger partial charge in [0.05, 0.1) is 5.69 Å². The fourth-order valence-corrected chi connectivity index (χ4v) is 3.20. The minimum atomic E-state index is -5.08. The maximum atomic E-state index is 12.4. The minimum absolute atomic E-state index is 0.0674. The lowest BCUT2D eigenvalue weighted by Crippen LogP contribution is -2.46. The van der Waals surface area contributed by atoms with Crippen LogP contribution in [0.2, 0.25) is 0 Å². The molecule has 0 saturated carbocycles. The van der Waals surface area contributed by atoms with E-state index in [1.807, 2.05) is 24.3 Å². The summed E-state index contributed by atoms with van der Waals surface area (Å²) in [5.41, 5.74) is 3.11. The Hall–Kier alpha value is -4.73. The first kappa shape index (κ1) is 36.3. The maximum Gasteiger partial charge on any atom is 0.490 e. The predicted octanol–water partition coefficient (Wildman–Crippen LogP) is 4.48. The van der Waals surface area contributed by atoms with Gasteiger partial charge in [-0.05, 0) is 60.7 Å². The highest BCUT2D eigenvalue weighted by molar-refractivity contribution is 6.07. The van der Waals surface area contributed by atoms with Crippen LogP contribution in [0.5, 0.6) is 0 Å². The van der Waals surface area contributed by atoms with Crippen LogP contribution in [0, 0.1) is 0 Å². The van der Waals surface area contributed by atoms with Crippen LogP contribution in [-0.4, -0.2) is 94.0 Å². The van der Waals surface area contributed by atoms with Crippen molar-refractivity contribution in [2.45, 2.75) is 19.3 Å². The number of nitrogens with zero attached hydrogens (tertiary/aromatic N) is 3. The van der Waals surface area contributed by atoms with E-state index in [0.717, 1.165) is 50.1 Å². The van der Waals surface area contributed by atoms with E-state index in [-0.39, 0.29) is 5.78 Å². The third-order valence-electron chi connectivity index (χ3n) is 5.45. The second kappa shape index (κ2) is 16.6. The standard InChI is InChI=1S/C23H25N3O3.2C2HF3O2/c1-2-25-13-15-26(16-14-25)21-9-5-19(6-10-21)22(27)11-4-18-3-7-20(24-17-18)8-12-23(28)29;2*3-2(4,5)1(6)7/h3-12,17H,2,13-16H2,1H3,(H,28,29);2*(H,6,7)/b11-4+,12-8+;;. The zero-order chi connectivity index (χ0) is 32.8. The molecular formula is C27H27F6N3O7. The van der Waals surface area contributed by atoms with Crippen LogP contribution < -0.4 is 4.90 Å². The molecule has 10 nitrogen and oxygen atoms in total. The number of carbonyl (C=O) groups excluding carboxylic acids is 1. The van der Waals surface area contributed by atoms with Crippen molar-refractivity contribution < 1.29 is 60.8 Å². The summed E-state index contributed by atoms with van der Waals surface area (Å²) in [6.45, 7) is 7.42. The summed E-state index contributed by atoms with van der Waals surface area (Å²) in [6.07, 6.45) is -2.87. The number of hydrogen-bond acceptors (Lipinski definition) is 7. The Labute approximate surface area is 241 Å². The Morgan fingerprint density at radius 1 is 0.791 bits per heavy atom. The average molecular weight is 620 g/mol. The van der Waals surface area contributed by atoms with Crippen molar-refractivity contribution in [2.75, 3.05) is 37.6 Å². The lowest BCUT2D eigenvalue weighted by Gasteiger charge is -2.35. The summed E-state index contributed by atoms with van der Waals surface area (Å²) in [4.78, 5) is 49.7. The SMILES string of the molecule is CCN1CCN(c2ccc(C(=O)/C=C/c3ccc(/C=C/C(=O)O)nc3)cc2)CC1.O=C(O)C(F)(F)F.O=C(O)C(F)(F)F. The molecule has 0 bridgehead atoms. The van der Waals surface area contributed by atoms with Crippen LogP contribution >= 0.6 is 0 Å². The number of anilines is 1. The molecule has 0 spiro atoms. The molecule has 0 aliphatic carbocycles. The number of aliphatic carboxylic acids is 3. The highest BCUT2D eigenvalue weighted by Gasteiger charge is 2.38. The predicted molar refractivity (Wildman–Crippen MR) is 142 cm³/mol. The molecule has 0 unspecified atom stereocenters. The van der Waals surface area contributed by atoms with E-state index in [2.05, 4.69) is 21.7 Å². The number of carboxylic acid groups (broad SMARTS) is 3. The minimum Gasteiger partial charge on any atom is -0.478 e. The first-order valence-electron chi connectivity index (χ1n) is 12.2. The molecule has 0 atom stereocenters. The molecule has 2 aromatic rings. The lowest BCUT2D eigenvalue weighted by molar-refractivity contribution is -0.193. The van der Waals surface area contributed by atoms with Crippen LogP contribution in [0.15, 0.2) is 54.7 Å². The van der Waals surface area contributed by atoms with Crippen LogP contribution in [0.3, 0.4) is 0 Å². The van der Waals surface area contributed by atoms with Gasteiger partial charge in [-0.15, -0.1) is 0 Å². The summed E-state index contributed by atoms with van der Waals surface area (Å²) in [5, 5.41) is 22.9. The molecule has 0 amide bonds. The summed E-state index contributed by atoms with van der Waals surface area (Å²) in [5.74, 6) is -6.60. The third kappa shape index (κ3) is 14.1. The smallest absolute Gasteiger partial charge is 0.478 e. The van der Waals surface area contributed by atoms with Crippen LogP contribution in [-0.2, 0) is 14.4 Å². The van der Waals surface area contributed by atoms with Gasteiger partial charge in [0, 0.05) is 49.7 Å². The van der Waals surface area contributed by atoms with Gasteiger partial charge in [0.15, 0.2) is 5.78 Å². The van der Waals surface area contributed by atoms with Crippen molar-refractivity contribution in [1.82, 2.24) is 9.88 Å². The van der Waals surface area contributed by atoms with Crippen molar-refractivity contribution in [3.8, 4) is 0 Å². The van der Waals surface area contributed by atoms with Gasteiger partial charge in [0.2, 0.25) is 0 Å². The third-order valence-corrected chi connectivity index (χ3v) is 5.45. The number of carbonyl (C=O) groups is 4. The Bertz CT molecular complexity index is 1260. The quantitative estimate of drug-likeness (QED) is 0.230. The molecule has 234 valence electrons. The summed E-state index contributed by atoms with van der Waals surface area (Å²) in [7, 11) is 0. The number of pyridine rings is 1. The van der Waals surface area contributed by atoms with Crippen molar-refractivity contribution >= 4 is 41.5 Å². The molecule has 1 aromatic carbocycles. The number of benzene rings is 1. The molecule has 16 heteroatoms. The largest absolute Gasteiger partial charge is 0.490 e. The van der Waals surface area contributed by atoms with Crippen LogP contribution in [0.4, 0.5) is 32.0 Å². The van der Waals surface area contributed by atoms with Gasteiger partial charge >= 0.3 is 30.3 Å². The van der Waals surface area contributed by atoms with Crippen LogP contribution in [0.1, 0.15) is 28.5 Å². The summed E-state index contributed by atoms with van der Waals surface area (Å²) < 4.78 is 63.5. The molecule has 3 N–H and O–H groups in total. The highest BCUT2D eigenvalue weighted by Crippen LogP contribution is 2.18. The Balaban J connectivity index is 0.000000548.